The molecule has 2 heteroatoms. The lowest BCUT2D eigenvalue weighted by atomic mass is 9.83. The summed E-state index contributed by atoms with van der Waals surface area (Å²) in [5.41, 5.74) is 2.65. The molecule has 0 amide bonds. The fourth-order valence-corrected chi connectivity index (χ4v) is 3.09. The maximum atomic E-state index is 5.94. The summed E-state index contributed by atoms with van der Waals surface area (Å²) in [6, 6.07) is 9.23. The number of hydrogen-bond donors (Lipinski definition) is 1. The van der Waals surface area contributed by atoms with Crippen LogP contribution in [0.25, 0.3) is 0 Å². The quantitative estimate of drug-likeness (QED) is 0.718. The molecule has 1 N–H and O–H groups in total. The number of aryl methyl sites for hydroxylation is 1. The Bertz CT molecular complexity index is 376. The van der Waals surface area contributed by atoms with Crippen LogP contribution in [0.2, 0.25) is 0 Å². The molecule has 0 heterocycles. The van der Waals surface area contributed by atoms with Crippen LogP contribution in [-0.4, -0.2) is 19.3 Å². The van der Waals surface area contributed by atoms with Crippen molar-refractivity contribution in [3.8, 4) is 0 Å². The first-order valence-corrected chi connectivity index (χ1v) is 8.04. The number of methoxy groups -OCH3 is 1. The summed E-state index contributed by atoms with van der Waals surface area (Å²) in [6.45, 7) is 9.77. The maximum Gasteiger partial charge on any atom is 0.0867 e. The Balaban J connectivity index is 3.14. The van der Waals surface area contributed by atoms with Gasteiger partial charge in [-0.15, -0.1) is 0 Å². The fourth-order valence-electron chi connectivity index (χ4n) is 3.09. The molecule has 0 spiro atoms. The molecule has 114 valence electrons. The van der Waals surface area contributed by atoms with Gasteiger partial charge in [-0.3, -0.25) is 0 Å². The second-order valence-corrected chi connectivity index (χ2v) is 5.46. The van der Waals surface area contributed by atoms with Gasteiger partial charge in [0.2, 0.25) is 0 Å². The van der Waals surface area contributed by atoms with E-state index in [4.69, 9.17) is 4.74 Å². The zero-order chi connectivity index (χ0) is 15.0. The number of hydrogen-bond acceptors (Lipinski definition) is 2. The Labute approximate surface area is 124 Å². The summed E-state index contributed by atoms with van der Waals surface area (Å²) in [7, 11) is 1.84. The minimum absolute atomic E-state index is 0.124. The van der Waals surface area contributed by atoms with Crippen molar-refractivity contribution in [2.75, 3.05) is 13.7 Å². The Kier molecular flexibility index (Phi) is 7.25. The van der Waals surface area contributed by atoms with E-state index in [0.717, 1.165) is 25.8 Å². The van der Waals surface area contributed by atoms with Crippen molar-refractivity contribution in [3.63, 3.8) is 0 Å². The van der Waals surface area contributed by atoms with E-state index in [1.54, 1.807) is 0 Å². The van der Waals surface area contributed by atoms with E-state index < -0.39 is 0 Å². The molecule has 0 bridgehead atoms. The van der Waals surface area contributed by atoms with Crippen LogP contribution in [0.3, 0.4) is 0 Å². The lowest BCUT2D eigenvalue weighted by molar-refractivity contribution is -0.0482. The molecule has 0 saturated carbocycles. The van der Waals surface area contributed by atoms with E-state index in [2.05, 4.69) is 57.3 Å². The number of benzene rings is 1. The van der Waals surface area contributed by atoms with Gasteiger partial charge in [0.05, 0.1) is 11.6 Å². The molecule has 0 aliphatic carbocycles. The van der Waals surface area contributed by atoms with Gasteiger partial charge in [-0.05, 0) is 36.9 Å². The first-order valence-electron chi connectivity index (χ1n) is 8.04. The van der Waals surface area contributed by atoms with Crippen molar-refractivity contribution in [3.05, 3.63) is 35.4 Å². The molecule has 1 rings (SSSR count). The Morgan fingerprint density at radius 2 is 1.85 bits per heavy atom. The average Bonchev–Trinajstić information content (AvgIpc) is 2.49. The van der Waals surface area contributed by atoms with Crippen molar-refractivity contribution in [2.24, 2.45) is 0 Å². The van der Waals surface area contributed by atoms with Crippen molar-refractivity contribution < 1.29 is 4.74 Å². The second kappa shape index (κ2) is 8.43. The lowest BCUT2D eigenvalue weighted by Crippen LogP contribution is -2.44. The van der Waals surface area contributed by atoms with Crippen LogP contribution < -0.4 is 5.32 Å². The molecule has 0 aliphatic heterocycles. The molecule has 1 atom stereocenters. The highest BCUT2D eigenvalue weighted by atomic mass is 16.5. The number of rotatable bonds is 9. The van der Waals surface area contributed by atoms with Gasteiger partial charge >= 0.3 is 0 Å². The topological polar surface area (TPSA) is 21.3 Å². The van der Waals surface area contributed by atoms with Gasteiger partial charge < -0.3 is 10.1 Å². The molecular formula is C18H31NO. The van der Waals surface area contributed by atoms with Crippen LogP contribution >= 0.6 is 0 Å². The summed E-state index contributed by atoms with van der Waals surface area (Å²) < 4.78 is 5.94. The van der Waals surface area contributed by atoms with Crippen molar-refractivity contribution in [1.82, 2.24) is 5.32 Å². The third-order valence-electron chi connectivity index (χ3n) is 4.36. The molecule has 0 aliphatic rings. The van der Waals surface area contributed by atoms with E-state index in [1.807, 2.05) is 7.11 Å². The van der Waals surface area contributed by atoms with Gasteiger partial charge in [0, 0.05) is 7.11 Å². The van der Waals surface area contributed by atoms with E-state index in [0.29, 0.717) is 0 Å². The number of likely N-dealkylation sites (N-methyl/N-ethyl adjacent to an activating group) is 1. The van der Waals surface area contributed by atoms with Gasteiger partial charge in [-0.1, -0.05) is 58.4 Å². The number of ether oxygens (including phenoxy) is 1. The summed E-state index contributed by atoms with van der Waals surface area (Å²) in [5, 5.41) is 3.64. The molecule has 0 radical (unpaired) electrons. The SMILES string of the molecule is CCCc1cccc(C(NCC)C(CC)(CC)OC)c1. The minimum Gasteiger partial charge on any atom is -0.376 e. The van der Waals surface area contributed by atoms with Crippen molar-refractivity contribution >= 4 is 0 Å². The van der Waals surface area contributed by atoms with Crippen LogP contribution in [0.4, 0.5) is 0 Å². The maximum absolute atomic E-state index is 5.94. The zero-order valence-corrected chi connectivity index (χ0v) is 13.8. The molecule has 0 fully saturated rings. The average molecular weight is 277 g/mol. The summed E-state index contributed by atoms with van der Waals surface area (Å²) >= 11 is 0. The molecule has 1 unspecified atom stereocenters. The summed E-state index contributed by atoms with van der Waals surface area (Å²) in [6.07, 6.45) is 4.35. The van der Waals surface area contributed by atoms with Gasteiger partial charge in [0.1, 0.15) is 0 Å². The third-order valence-corrected chi connectivity index (χ3v) is 4.36. The van der Waals surface area contributed by atoms with Gasteiger partial charge in [-0.25, -0.2) is 0 Å². The van der Waals surface area contributed by atoms with E-state index in [1.165, 1.54) is 17.5 Å². The van der Waals surface area contributed by atoms with E-state index in [-0.39, 0.29) is 11.6 Å². The molecule has 2 nitrogen and oxygen atoms in total. The van der Waals surface area contributed by atoms with Crippen LogP contribution in [0.15, 0.2) is 24.3 Å². The fraction of sp³-hybridized carbons (Fsp3) is 0.667. The predicted octanol–water partition coefficient (Wildman–Crippen LogP) is 4.49. The largest absolute Gasteiger partial charge is 0.376 e. The highest BCUT2D eigenvalue weighted by Gasteiger charge is 2.36. The summed E-state index contributed by atoms with van der Waals surface area (Å²) in [5.74, 6) is 0. The van der Waals surface area contributed by atoms with Gasteiger partial charge in [0.15, 0.2) is 0 Å². The molecule has 0 saturated heterocycles. The Hall–Kier alpha value is -0.860. The highest BCUT2D eigenvalue weighted by Crippen LogP contribution is 2.35. The van der Waals surface area contributed by atoms with Crippen molar-refractivity contribution in [2.45, 2.75) is 65.0 Å². The van der Waals surface area contributed by atoms with E-state index in [9.17, 15) is 0 Å². The highest BCUT2D eigenvalue weighted by molar-refractivity contribution is 5.28. The van der Waals surface area contributed by atoms with E-state index >= 15 is 0 Å². The monoisotopic (exact) mass is 277 g/mol. The Morgan fingerprint density at radius 3 is 2.35 bits per heavy atom. The summed E-state index contributed by atoms with van der Waals surface area (Å²) in [4.78, 5) is 0. The first kappa shape index (κ1) is 17.2. The standard InChI is InChI=1S/C18H31NO/c1-6-11-15-12-10-13-16(14-15)17(19-9-4)18(7-2,8-3)20-5/h10,12-14,17,19H,6-9,11H2,1-5H3. The Morgan fingerprint density at radius 1 is 1.15 bits per heavy atom. The smallest absolute Gasteiger partial charge is 0.0867 e. The van der Waals surface area contributed by atoms with Gasteiger partial charge in [-0.2, -0.15) is 0 Å². The molecule has 20 heavy (non-hydrogen) atoms. The van der Waals surface area contributed by atoms with Crippen LogP contribution in [0.1, 0.15) is 64.1 Å². The van der Waals surface area contributed by atoms with Gasteiger partial charge in [0.25, 0.3) is 0 Å². The molecule has 0 aromatic heterocycles. The lowest BCUT2D eigenvalue weighted by Gasteiger charge is -2.39. The zero-order valence-electron chi connectivity index (χ0n) is 13.8. The molecule has 1 aromatic rings. The molecule has 1 aromatic carbocycles. The second-order valence-electron chi connectivity index (χ2n) is 5.46. The third kappa shape index (κ3) is 3.83. The normalized spacial score (nSPS) is 13.4. The van der Waals surface area contributed by atoms with Crippen molar-refractivity contribution in [1.29, 1.82) is 0 Å². The predicted molar refractivity (Wildman–Crippen MR) is 87.2 cm³/mol. The molecular weight excluding hydrogens is 246 g/mol. The minimum atomic E-state index is -0.124. The van der Waals surface area contributed by atoms with Crippen LogP contribution in [0, 0.1) is 0 Å². The first-order chi connectivity index (χ1) is 9.67. The van der Waals surface area contributed by atoms with Crippen LogP contribution in [-0.2, 0) is 11.2 Å². The number of nitrogens with one attached hydrogen (secondary N) is 1. The van der Waals surface area contributed by atoms with Crippen LogP contribution in [0.5, 0.6) is 0 Å².